The normalized spacial score (nSPS) is 10.2. The van der Waals surface area contributed by atoms with E-state index < -0.39 is 0 Å². The van der Waals surface area contributed by atoms with Crippen LogP contribution in [0.15, 0.2) is 42.5 Å². The Morgan fingerprint density at radius 1 is 0.867 bits per heavy atom. The van der Waals surface area contributed by atoms with Crippen LogP contribution >= 0.6 is 0 Å². The molecule has 0 saturated heterocycles. The molecule has 0 radical (unpaired) electrons. The molecule has 2 rings (SSSR count). The Hall–Kier alpha value is -1.96. The summed E-state index contributed by atoms with van der Waals surface area (Å²) in [4.78, 5) is 0. The summed E-state index contributed by atoms with van der Waals surface area (Å²) in [5, 5.41) is 19.1. The molecule has 0 spiro atoms. The zero-order valence-electron chi connectivity index (χ0n) is 8.44. The first-order chi connectivity index (χ1) is 7.18. The molecule has 76 valence electrons. The summed E-state index contributed by atoms with van der Waals surface area (Å²) in [7, 11) is 0. The van der Waals surface area contributed by atoms with E-state index >= 15 is 0 Å². The number of phenolic OH excluding ortho intramolecular Hbond substituents is 2. The second-order valence-electron chi connectivity index (χ2n) is 3.52. The first-order valence-corrected chi connectivity index (χ1v) is 4.76. The maximum atomic E-state index is 9.70. The van der Waals surface area contributed by atoms with Gasteiger partial charge in [0.05, 0.1) is 0 Å². The summed E-state index contributed by atoms with van der Waals surface area (Å²) in [5.74, 6) is 0.341. The predicted octanol–water partition coefficient (Wildman–Crippen LogP) is 3.07. The molecule has 2 aromatic carbocycles. The first kappa shape index (κ1) is 9.59. The Labute approximate surface area is 88.4 Å². The fourth-order valence-corrected chi connectivity index (χ4v) is 1.61. The molecule has 15 heavy (non-hydrogen) atoms. The smallest absolute Gasteiger partial charge is 0.123 e. The molecule has 0 amide bonds. The van der Waals surface area contributed by atoms with Gasteiger partial charge in [0, 0.05) is 5.56 Å². The van der Waals surface area contributed by atoms with Crippen molar-refractivity contribution in [3.05, 3.63) is 48.0 Å². The highest BCUT2D eigenvalue weighted by atomic mass is 16.3. The molecule has 0 aliphatic rings. The van der Waals surface area contributed by atoms with E-state index in [9.17, 15) is 10.2 Å². The molecule has 0 saturated carbocycles. The standard InChI is InChI=1S/C13H12O2/c1-9-4-2-3-5-11(9)12-8-10(14)6-7-13(12)15/h2-8,14-15H,1H3. The van der Waals surface area contributed by atoms with E-state index in [0.29, 0.717) is 5.56 Å². The highest BCUT2D eigenvalue weighted by Gasteiger charge is 2.06. The summed E-state index contributed by atoms with van der Waals surface area (Å²) in [6.07, 6.45) is 0. The monoisotopic (exact) mass is 200 g/mol. The molecule has 0 aliphatic heterocycles. The number of hydrogen-bond acceptors (Lipinski definition) is 2. The van der Waals surface area contributed by atoms with Crippen molar-refractivity contribution in [2.75, 3.05) is 0 Å². The maximum Gasteiger partial charge on any atom is 0.123 e. The van der Waals surface area contributed by atoms with Gasteiger partial charge in [0.25, 0.3) is 0 Å². The number of aromatic hydroxyl groups is 2. The molecule has 2 nitrogen and oxygen atoms in total. The van der Waals surface area contributed by atoms with Crippen molar-refractivity contribution in [2.24, 2.45) is 0 Å². The van der Waals surface area contributed by atoms with Crippen molar-refractivity contribution in [3.8, 4) is 22.6 Å². The highest BCUT2D eigenvalue weighted by Crippen LogP contribution is 2.33. The van der Waals surface area contributed by atoms with Gasteiger partial charge in [-0.3, -0.25) is 0 Å². The first-order valence-electron chi connectivity index (χ1n) is 4.76. The molecule has 0 fully saturated rings. The third kappa shape index (κ3) is 1.79. The SMILES string of the molecule is Cc1ccccc1-c1cc(O)ccc1O. The van der Waals surface area contributed by atoms with Gasteiger partial charge >= 0.3 is 0 Å². The van der Waals surface area contributed by atoms with Gasteiger partial charge in [-0.25, -0.2) is 0 Å². The lowest BCUT2D eigenvalue weighted by atomic mass is 10.00. The Balaban J connectivity index is 2.64. The molecule has 2 heteroatoms. The molecule has 0 atom stereocenters. The Bertz CT molecular complexity index is 490. The van der Waals surface area contributed by atoms with Gasteiger partial charge in [-0.05, 0) is 36.2 Å². The van der Waals surface area contributed by atoms with Crippen molar-refractivity contribution in [3.63, 3.8) is 0 Å². The molecule has 0 aromatic heterocycles. The zero-order valence-corrected chi connectivity index (χ0v) is 8.44. The summed E-state index contributed by atoms with van der Waals surface area (Å²) < 4.78 is 0. The second-order valence-corrected chi connectivity index (χ2v) is 3.52. The third-order valence-corrected chi connectivity index (χ3v) is 2.42. The third-order valence-electron chi connectivity index (χ3n) is 2.42. The maximum absolute atomic E-state index is 9.70. The van der Waals surface area contributed by atoms with E-state index in [-0.39, 0.29) is 11.5 Å². The van der Waals surface area contributed by atoms with Crippen LogP contribution in [-0.4, -0.2) is 10.2 Å². The zero-order chi connectivity index (χ0) is 10.8. The lowest BCUT2D eigenvalue weighted by Gasteiger charge is -2.08. The van der Waals surface area contributed by atoms with Gasteiger partial charge in [-0.2, -0.15) is 0 Å². The lowest BCUT2D eigenvalue weighted by Crippen LogP contribution is -1.83. The number of rotatable bonds is 1. The Morgan fingerprint density at radius 2 is 1.60 bits per heavy atom. The largest absolute Gasteiger partial charge is 0.508 e. The molecule has 0 heterocycles. The van der Waals surface area contributed by atoms with Gasteiger partial charge in [-0.15, -0.1) is 0 Å². The topological polar surface area (TPSA) is 40.5 Å². The molecule has 2 N–H and O–H groups in total. The van der Waals surface area contributed by atoms with Gasteiger partial charge in [0.15, 0.2) is 0 Å². The van der Waals surface area contributed by atoms with E-state index in [1.165, 1.54) is 12.1 Å². The number of phenols is 2. The van der Waals surface area contributed by atoms with E-state index in [1.54, 1.807) is 6.07 Å². The van der Waals surface area contributed by atoms with E-state index in [1.807, 2.05) is 31.2 Å². The summed E-state index contributed by atoms with van der Waals surface area (Å²) in [6, 6.07) is 12.3. The van der Waals surface area contributed by atoms with Crippen LogP contribution in [0.3, 0.4) is 0 Å². The molecule has 0 unspecified atom stereocenters. The van der Waals surface area contributed by atoms with Crippen LogP contribution in [0, 0.1) is 6.92 Å². The van der Waals surface area contributed by atoms with Crippen LogP contribution in [0.4, 0.5) is 0 Å². The molecular weight excluding hydrogens is 188 g/mol. The Kier molecular flexibility index (Phi) is 2.34. The van der Waals surface area contributed by atoms with Crippen LogP contribution in [0.5, 0.6) is 11.5 Å². The van der Waals surface area contributed by atoms with Crippen molar-refractivity contribution >= 4 is 0 Å². The fraction of sp³-hybridized carbons (Fsp3) is 0.0769. The van der Waals surface area contributed by atoms with Crippen molar-refractivity contribution in [1.82, 2.24) is 0 Å². The Morgan fingerprint density at radius 3 is 2.33 bits per heavy atom. The minimum absolute atomic E-state index is 0.158. The number of benzene rings is 2. The predicted molar refractivity (Wildman–Crippen MR) is 59.9 cm³/mol. The number of aryl methyl sites for hydroxylation is 1. The second kappa shape index (κ2) is 3.65. The fourth-order valence-electron chi connectivity index (χ4n) is 1.61. The quantitative estimate of drug-likeness (QED) is 0.694. The lowest BCUT2D eigenvalue weighted by molar-refractivity contribution is 0.462. The van der Waals surface area contributed by atoms with Gasteiger partial charge in [-0.1, -0.05) is 24.3 Å². The van der Waals surface area contributed by atoms with E-state index in [4.69, 9.17) is 0 Å². The minimum atomic E-state index is 0.158. The summed E-state index contributed by atoms with van der Waals surface area (Å²) in [5.41, 5.74) is 2.66. The number of hydrogen-bond donors (Lipinski definition) is 2. The van der Waals surface area contributed by atoms with E-state index in [2.05, 4.69) is 0 Å². The minimum Gasteiger partial charge on any atom is -0.508 e. The van der Waals surface area contributed by atoms with Crippen LogP contribution in [-0.2, 0) is 0 Å². The van der Waals surface area contributed by atoms with Gasteiger partial charge in [0.1, 0.15) is 11.5 Å². The van der Waals surface area contributed by atoms with Crippen molar-refractivity contribution < 1.29 is 10.2 Å². The highest BCUT2D eigenvalue weighted by molar-refractivity contribution is 5.74. The molecule has 0 aliphatic carbocycles. The van der Waals surface area contributed by atoms with E-state index in [0.717, 1.165) is 11.1 Å². The van der Waals surface area contributed by atoms with Crippen LogP contribution in [0.25, 0.3) is 11.1 Å². The molecular formula is C13H12O2. The molecule has 0 bridgehead atoms. The average Bonchev–Trinajstić information content (AvgIpc) is 2.23. The summed E-state index contributed by atoms with van der Waals surface area (Å²) in [6.45, 7) is 1.97. The van der Waals surface area contributed by atoms with Crippen molar-refractivity contribution in [2.45, 2.75) is 6.92 Å². The van der Waals surface area contributed by atoms with Gasteiger partial charge in [0.2, 0.25) is 0 Å². The van der Waals surface area contributed by atoms with Crippen LogP contribution in [0.2, 0.25) is 0 Å². The van der Waals surface area contributed by atoms with Gasteiger partial charge < -0.3 is 10.2 Å². The van der Waals surface area contributed by atoms with Crippen molar-refractivity contribution in [1.29, 1.82) is 0 Å². The van der Waals surface area contributed by atoms with Crippen LogP contribution in [0.1, 0.15) is 5.56 Å². The average molecular weight is 200 g/mol. The van der Waals surface area contributed by atoms with Crippen LogP contribution < -0.4 is 0 Å². The molecule has 2 aromatic rings. The summed E-state index contributed by atoms with van der Waals surface area (Å²) >= 11 is 0.